The molecule has 0 spiro atoms. The molecule has 10 heteroatoms. The fourth-order valence-electron chi connectivity index (χ4n) is 7.09. The van der Waals surface area contributed by atoms with Gasteiger partial charge in [0.1, 0.15) is 29.6 Å². The molecule has 0 N–H and O–H groups in total. The van der Waals surface area contributed by atoms with Crippen LogP contribution in [-0.4, -0.2) is 75.0 Å². The quantitative estimate of drug-likeness (QED) is 0.263. The monoisotopic (exact) mass is 608 g/mol. The molecular weight excluding hydrogens is 567 g/mol. The Labute approximate surface area is 264 Å². The molecule has 1 amide bonds. The van der Waals surface area contributed by atoms with Gasteiger partial charge in [0.15, 0.2) is 5.82 Å². The van der Waals surface area contributed by atoms with Crippen molar-refractivity contribution in [3.05, 3.63) is 77.1 Å². The largest absolute Gasteiger partial charge is 0.350 e. The Morgan fingerprint density at radius 2 is 1.89 bits per heavy atom. The number of halogens is 1. The number of aryl methyl sites for hydroxylation is 2. The molecule has 2 aromatic carbocycles. The number of rotatable bonds is 7. The van der Waals surface area contributed by atoms with Crippen LogP contribution in [0.3, 0.4) is 0 Å². The van der Waals surface area contributed by atoms with Gasteiger partial charge in [0.25, 0.3) is 5.91 Å². The summed E-state index contributed by atoms with van der Waals surface area (Å²) < 4.78 is 16.5. The Morgan fingerprint density at radius 1 is 1.11 bits per heavy atom. The van der Waals surface area contributed by atoms with E-state index >= 15 is 0 Å². The second-order valence-corrected chi connectivity index (χ2v) is 12.4. The van der Waals surface area contributed by atoms with E-state index in [1.165, 1.54) is 23.3 Å². The SMILES string of the molecule is CCN(C(=O)c1cc(F)ccc1N1CCN(C2CCN(Cc3ccc4c(cc(C#N)n4C)c3C)CC2)c2ncncc21)C(C)C. The lowest BCUT2D eigenvalue weighted by atomic mass is 9.99. The average Bonchev–Trinajstić information content (AvgIpc) is 3.38. The lowest BCUT2D eigenvalue weighted by molar-refractivity contribution is 0.0717. The maximum absolute atomic E-state index is 14.5. The van der Waals surface area contributed by atoms with Crippen molar-refractivity contribution in [1.29, 1.82) is 5.26 Å². The fourth-order valence-corrected chi connectivity index (χ4v) is 7.09. The lowest BCUT2D eigenvalue weighted by Crippen LogP contribution is -2.50. The first kappa shape index (κ1) is 30.5. The number of amides is 1. The van der Waals surface area contributed by atoms with Crippen molar-refractivity contribution in [2.75, 3.05) is 42.5 Å². The Bertz CT molecular complexity index is 1770. The maximum Gasteiger partial charge on any atom is 0.256 e. The molecule has 1 fully saturated rings. The minimum absolute atomic E-state index is 0.00137. The Kier molecular flexibility index (Phi) is 8.47. The zero-order valence-electron chi connectivity index (χ0n) is 26.8. The van der Waals surface area contributed by atoms with Crippen LogP contribution < -0.4 is 9.80 Å². The van der Waals surface area contributed by atoms with Gasteiger partial charge in [0, 0.05) is 69.3 Å². The van der Waals surface area contributed by atoms with Crippen molar-refractivity contribution >= 4 is 34.0 Å². The van der Waals surface area contributed by atoms with Crippen LogP contribution in [-0.2, 0) is 13.6 Å². The third-order valence-corrected chi connectivity index (χ3v) is 9.62. The van der Waals surface area contributed by atoms with Crippen molar-refractivity contribution in [1.82, 2.24) is 24.3 Å². The predicted octanol–water partition coefficient (Wildman–Crippen LogP) is 5.78. The van der Waals surface area contributed by atoms with Gasteiger partial charge in [-0.15, -0.1) is 0 Å². The van der Waals surface area contributed by atoms with E-state index < -0.39 is 5.82 Å². The topological polar surface area (TPSA) is 84.5 Å². The van der Waals surface area contributed by atoms with Gasteiger partial charge in [-0.05, 0) is 82.0 Å². The van der Waals surface area contributed by atoms with Crippen LogP contribution in [0.25, 0.3) is 10.9 Å². The number of nitrogens with zero attached hydrogens (tertiary/aromatic N) is 8. The predicted molar refractivity (Wildman–Crippen MR) is 175 cm³/mol. The highest BCUT2D eigenvalue weighted by Crippen LogP contribution is 2.40. The van der Waals surface area contributed by atoms with Crippen LogP contribution in [0.2, 0.25) is 0 Å². The summed E-state index contributed by atoms with van der Waals surface area (Å²) in [5.74, 6) is 0.247. The molecule has 9 nitrogen and oxygen atoms in total. The standard InChI is InChI=1S/C35H41FN8O/c1-6-42(23(2)3)35(45)30-17-26(36)8-10-32(30)44-16-15-43(34-33(44)20-38-22-39-34)27-11-13-41(14-12-27)21-25-7-9-31-29(24(25)4)18-28(19-37)40(31)5/h7-10,17-18,20,22-23,27H,6,11-16,21H2,1-5H3. The number of carbonyl (C=O) groups is 1. The lowest BCUT2D eigenvalue weighted by Gasteiger charge is -2.44. The minimum Gasteiger partial charge on any atom is -0.350 e. The normalized spacial score (nSPS) is 15.9. The van der Waals surface area contributed by atoms with E-state index in [1.54, 1.807) is 17.3 Å². The highest BCUT2D eigenvalue weighted by atomic mass is 19.1. The van der Waals surface area contributed by atoms with Crippen molar-refractivity contribution in [2.24, 2.45) is 7.05 Å². The van der Waals surface area contributed by atoms with Crippen LogP contribution in [0, 0.1) is 24.1 Å². The smallest absolute Gasteiger partial charge is 0.256 e. The van der Waals surface area contributed by atoms with Crippen LogP contribution >= 0.6 is 0 Å². The molecule has 2 aliphatic heterocycles. The second kappa shape index (κ2) is 12.5. The number of aromatic nitrogens is 3. The molecule has 45 heavy (non-hydrogen) atoms. The van der Waals surface area contributed by atoms with E-state index in [0.29, 0.717) is 36.1 Å². The number of hydrogen-bond acceptors (Lipinski definition) is 7. The zero-order valence-corrected chi connectivity index (χ0v) is 26.8. The van der Waals surface area contributed by atoms with Crippen LogP contribution in [0.4, 0.5) is 21.6 Å². The zero-order chi connectivity index (χ0) is 31.8. The van der Waals surface area contributed by atoms with E-state index in [-0.39, 0.29) is 11.9 Å². The molecule has 2 aliphatic rings. The second-order valence-electron chi connectivity index (χ2n) is 12.4. The molecule has 234 valence electrons. The number of fused-ring (bicyclic) bond motifs is 2. The molecule has 0 aliphatic carbocycles. The summed E-state index contributed by atoms with van der Waals surface area (Å²) in [4.78, 5) is 31.4. The maximum atomic E-state index is 14.5. The van der Waals surface area contributed by atoms with Gasteiger partial charge in [-0.1, -0.05) is 6.07 Å². The third kappa shape index (κ3) is 5.61. The number of anilines is 3. The van der Waals surface area contributed by atoms with Gasteiger partial charge < -0.3 is 19.3 Å². The molecule has 4 heterocycles. The van der Waals surface area contributed by atoms with Crippen molar-refractivity contribution in [2.45, 2.75) is 59.2 Å². The molecule has 2 aromatic heterocycles. The molecule has 0 radical (unpaired) electrons. The van der Waals surface area contributed by atoms with Gasteiger partial charge in [-0.25, -0.2) is 14.4 Å². The molecule has 0 atom stereocenters. The van der Waals surface area contributed by atoms with Gasteiger partial charge in [0.2, 0.25) is 0 Å². The van der Waals surface area contributed by atoms with Gasteiger partial charge in [-0.2, -0.15) is 5.26 Å². The van der Waals surface area contributed by atoms with Gasteiger partial charge >= 0.3 is 0 Å². The van der Waals surface area contributed by atoms with E-state index in [9.17, 15) is 14.4 Å². The molecule has 0 saturated carbocycles. The number of hydrogen-bond donors (Lipinski definition) is 0. The summed E-state index contributed by atoms with van der Waals surface area (Å²) in [6, 6.07) is 13.4. The van der Waals surface area contributed by atoms with Crippen molar-refractivity contribution in [3.8, 4) is 6.07 Å². The highest BCUT2D eigenvalue weighted by Gasteiger charge is 2.34. The Hall–Kier alpha value is -4.49. The molecular formula is C35H41FN8O. The first-order valence-corrected chi connectivity index (χ1v) is 15.9. The number of nitriles is 1. The van der Waals surface area contributed by atoms with Gasteiger partial charge in [0.05, 0.1) is 17.4 Å². The number of piperidine rings is 1. The summed E-state index contributed by atoms with van der Waals surface area (Å²) in [6.45, 7) is 12.8. The van der Waals surface area contributed by atoms with Crippen LogP contribution in [0.5, 0.6) is 0 Å². The van der Waals surface area contributed by atoms with Crippen molar-refractivity contribution < 1.29 is 9.18 Å². The summed E-state index contributed by atoms with van der Waals surface area (Å²) in [7, 11) is 1.94. The number of likely N-dealkylation sites (tertiary alicyclic amines) is 1. The molecule has 1 saturated heterocycles. The Balaban J connectivity index is 1.19. The van der Waals surface area contributed by atoms with E-state index in [4.69, 9.17) is 4.98 Å². The van der Waals surface area contributed by atoms with E-state index in [1.807, 2.05) is 44.6 Å². The summed E-state index contributed by atoms with van der Waals surface area (Å²) in [5.41, 5.74) is 6.17. The van der Waals surface area contributed by atoms with E-state index in [0.717, 1.165) is 61.4 Å². The molecule has 4 aromatic rings. The highest BCUT2D eigenvalue weighted by molar-refractivity contribution is 6.01. The molecule has 0 unspecified atom stereocenters. The first-order chi connectivity index (χ1) is 21.7. The summed E-state index contributed by atoms with van der Waals surface area (Å²) in [6.07, 6.45) is 5.41. The molecule has 0 bridgehead atoms. The van der Waals surface area contributed by atoms with Crippen molar-refractivity contribution in [3.63, 3.8) is 0 Å². The summed E-state index contributed by atoms with van der Waals surface area (Å²) in [5, 5.41) is 10.6. The average molecular weight is 609 g/mol. The van der Waals surface area contributed by atoms with Crippen LogP contribution in [0.15, 0.2) is 48.9 Å². The third-order valence-electron chi connectivity index (χ3n) is 9.62. The summed E-state index contributed by atoms with van der Waals surface area (Å²) >= 11 is 0. The Morgan fingerprint density at radius 3 is 2.60 bits per heavy atom. The molecule has 6 rings (SSSR count). The first-order valence-electron chi connectivity index (χ1n) is 15.9. The van der Waals surface area contributed by atoms with Crippen LogP contribution in [0.1, 0.15) is 60.8 Å². The minimum atomic E-state index is -0.428. The van der Waals surface area contributed by atoms with Gasteiger partial charge in [-0.3, -0.25) is 9.69 Å². The number of carbonyl (C=O) groups excluding carboxylic acids is 1. The number of benzene rings is 2. The fraction of sp³-hybridized carbons (Fsp3) is 0.429. The van der Waals surface area contributed by atoms with E-state index in [2.05, 4.69) is 44.8 Å².